The van der Waals surface area contributed by atoms with E-state index in [4.69, 9.17) is 0 Å². The van der Waals surface area contributed by atoms with Gasteiger partial charge in [-0.25, -0.2) is 8.42 Å². The van der Waals surface area contributed by atoms with Crippen LogP contribution in [0, 0.1) is 0 Å². The summed E-state index contributed by atoms with van der Waals surface area (Å²) in [7, 11) is -3.14. The van der Waals surface area contributed by atoms with E-state index >= 15 is 0 Å². The SMILES string of the molecule is CS(=O)(=O)N1CCN(C(=O)CCn2cccn2)CC1. The molecule has 1 aromatic heterocycles. The fraction of sp³-hybridized carbons (Fsp3) is 0.636. The Morgan fingerprint density at radius 1 is 1.26 bits per heavy atom. The molecule has 0 radical (unpaired) electrons. The average Bonchev–Trinajstić information content (AvgIpc) is 2.88. The maximum atomic E-state index is 12.0. The normalized spacial score (nSPS) is 17.6. The summed E-state index contributed by atoms with van der Waals surface area (Å²) in [5.74, 6) is 0.0450. The number of piperazine rings is 1. The monoisotopic (exact) mass is 286 g/mol. The van der Waals surface area contributed by atoms with Crippen LogP contribution in [0.5, 0.6) is 0 Å². The first-order valence-corrected chi connectivity index (χ1v) is 8.02. The minimum atomic E-state index is -3.14. The van der Waals surface area contributed by atoms with Gasteiger partial charge in [0.2, 0.25) is 15.9 Å². The molecule has 2 rings (SSSR count). The molecule has 19 heavy (non-hydrogen) atoms. The molecule has 1 aliphatic heterocycles. The van der Waals surface area contributed by atoms with Crippen molar-refractivity contribution in [1.29, 1.82) is 0 Å². The summed E-state index contributed by atoms with van der Waals surface area (Å²) in [5, 5.41) is 4.04. The fourth-order valence-corrected chi connectivity index (χ4v) is 2.90. The minimum Gasteiger partial charge on any atom is -0.340 e. The fourth-order valence-electron chi connectivity index (χ4n) is 2.07. The van der Waals surface area contributed by atoms with Gasteiger partial charge in [0.25, 0.3) is 0 Å². The van der Waals surface area contributed by atoms with E-state index in [2.05, 4.69) is 5.10 Å². The Kier molecular flexibility index (Phi) is 4.20. The highest BCUT2D eigenvalue weighted by molar-refractivity contribution is 7.88. The predicted octanol–water partition coefficient (Wildman–Crippen LogP) is -0.623. The van der Waals surface area contributed by atoms with Gasteiger partial charge in [-0.1, -0.05) is 0 Å². The zero-order valence-electron chi connectivity index (χ0n) is 10.9. The molecule has 106 valence electrons. The van der Waals surface area contributed by atoms with Crippen molar-refractivity contribution in [3.63, 3.8) is 0 Å². The quantitative estimate of drug-likeness (QED) is 0.739. The van der Waals surface area contributed by atoms with Gasteiger partial charge >= 0.3 is 0 Å². The molecular weight excluding hydrogens is 268 g/mol. The topological polar surface area (TPSA) is 75.5 Å². The molecule has 8 heteroatoms. The van der Waals surface area contributed by atoms with Crippen molar-refractivity contribution in [2.75, 3.05) is 32.4 Å². The minimum absolute atomic E-state index is 0.0450. The zero-order chi connectivity index (χ0) is 13.9. The molecule has 0 N–H and O–H groups in total. The van der Waals surface area contributed by atoms with Gasteiger partial charge in [-0.2, -0.15) is 9.40 Å². The zero-order valence-corrected chi connectivity index (χ0v) is 11.7. The highest BCUT2D eigenvalue weighted by Gasteiger charge is 2.25. The van der Waals surface area contributed by atoms with E-state index in [1.807, 2.05) is 12.3 Å². The molecule has 1 fully saturated rings. The van der Waals surface area contributed by atoms with E-state index in [1.54, 1.807) is 15.8 Å². The lowest BCUT2D eigenvalue weighted by molar-refractivity contribution is -0.132. The molecule has 2 heterocycles. The number of aromatic nitrogens is 2. The van der Waals surface area contributed by atoms with Gasteiger partial charge in [0.05, 0.1) is 6.26 Å². The summed E-state index contributed by atoms with van der Waals surface area (Å²) < 4.78 is 25.8. The highest BCUT2D eigenvalue weighted by atomic mass is 32.2. The molecule has 1 aromatic rings. The maximum Gasteiger partial charge on any atom is 0.224 e. The molecule has 0 bridgehead atoms. The molecular formula is C11H18N4O3S. The third-order valence-electron chi connectivity index (χ3n) is 3.17. The average molecular weight is 286 g/mol. The summed E-state index contributed by atoms with van der Waals surface area (Å²) in [6.45, 7) is 2.24. The number of hydrogen-bond donors (Lipinski definition) is 0. The first kappa shape index (κ1) is 14.0. The van der Waals surface area contributed by atoms with Crippen molar-refractivity contribution in [2.45, 2.75) is 13.0 Å². The Balaban J connectivity index is 1.79. The molecule has 1 amide bonds. The van der Waals surface area contributed by atoms with Crippen LogP contribution >= 0.6 is 0 Å². The molecule has 0 aliphatic carbocycles. The van der Waals surface area contributed by atoms with Crippen LogP contribution in [0.4, 0.5) is 0 Å². The van der Waals surface area contributed by atoms with Crippen molar-refractivity contribution in [2.24, 2.45) is 0 Å². The van der Waals surface area contributed by atoms with Crippen LogP contribution in [-0.4, -0.2) is 65.7 Å². The van der Waals surface area contributed by atoms with E-state index in [1.165, 1.54) is 10.6 Å². The van der Waals surface area contributed by atoms with Crippen LogP contribution in [-0.2, 0) is 21.4 Å². The summed E-state index contributed by atoms with van der Waals surface area (Å²) in [4.78, 5) is 13.7. The smallest absolute Gasteiger partial charge is 0.224 e. The molecule has 0 spiro atoms. The number of aryl methyl sites for hydroxylation is 1. The molecule has 0 saturated carbocycles. The number of carbonyl (C=O) groups excluding carboxylic acids is 1. The Bertz CT molecular complexity index is 518. The van der Waals surface area contributed by atoms with Crippen molar-refractivity contribution < 1.29 is 13.2 Å². The third kappa shape index (κ3) is 3.77. The first-order chi connectivity index (χ1) is 8.97. The van der Waals surface area contributed by atoms with E-state index in [9.17, 15) is 13.2 Å². The van der Waals surface area contributed by atoms with E-state index < -0.39 is 10.0 Å². The third-order valence-corrected chi connectivity index (χ3v) is 4.48. The van der Waals surface area contributed by atoms with Crippen molar-refractivity contribution >= 4 is 15.9 Å². The second-order valence-electron chi connectivity index (χ2n) is 4.56. The molecule has 0 unspecified atom stereocenters. The summed E-state index contributed by atoms with van der Waals surface area (Å²) in [6, 6.07) is 1.81. The first-order valence-electron chi connectivity index (χ1n) is 6.17. The van der Waals surface area contributed by atoms with Gasteiger partial charge in [-0.05, 0) is 6.07 Å². The molecule has 0 aromatic carbocycles. The molecule has 1 aliphatic rings. The number of hydrogen-bond acceptors (Lipinski definition) is 4. The van der Waals surface area contributed by atoms with Gasteiger partial charge in [0.1, 0.15) is 0 Å². The van der Waals surface area contributed by atoms with Crippen molar-refractivity contribution in [3.05, 3.63) is 18.5 Å². The second kappa shape index (κ2) is 5.70. The van der Waals surface area contributed by atoms with Gasteiger partial charge < -0.3 is 4.90 Å². The van der Waals surface area contributed by atoms with Crippen LogP contribution in [0.25, 0.3) is 0 Å². The summed E-state index contributed by atoms with van der Waals surface area (Å²) >= 11 is 0. The van der Waals surface area contributed by atoms with Crippen LogP contribution in [0.3, 0.4) is 0 Å². The highest BCUT2D eigenvalue weighted by Crippen LogP contribution is 2.07. The Labute approximate surface area is 112 Å². The van der Waals surface area contributed by atoms with E-state index in [0.717, 1.165) is 0 Å². The van der Waals surface area contributed by atoms with E-state index in [0.29, 0.717) is 39.1 Å². The number of amides is 1. The number of sulfonamides is 1. The number of carbonyl (C=O) groups is 1. The van der Waals surface area contributed by atoms with Gasteiger partial charge in [-0.15, -0.1) is 0 Å². The predicted molar refractivity (Wildman–Crippen MR) is 69.8 cm³/mol. The largest absolute Gasteiger partial charge is 0.340 e. The lowest BCUT2D eigenvalue weighted by Crippen LogP contribution is -2.50. The lowest BCUT2D eigenvalue weighted by atomic mass is 10.3. The van der Waals surface area contributed by atoms with Crippen LogP contribution in [0.15, 0.2) is 18.5 Å². The van der Waals surface area contributed by atoms with Crippen LogP contribution in [0.1, 0.15) is 6.42 Å². The summed E-state index contributed by atoms with van der Waals surface area (Å²) in [5.41, 5.74) is 0. The second-order valence-corrected chi connectivity index (χ2v) is 6.54. The number of rotatable bonds is 4. The van der Waals surface area contributed by atoms with E-state index in [-0.39, 0.29) is 5.91 Å². The molecule has 0 atom stereocenters. The Hall–Kier alpha value is -1.41. The van der Waals surface area contributed by atoms with Crippen LogP contribution < -0.4 is 0 Å². The summed E-state index contributed by atoms with van der Waals surface area (Å²) in [6.07, 6.45) is 5.08. The standard InChI is InChI=1S/C11H18N4O3S/c1-19(17,18)15-9-7-13(8-10-15)11(16)3-6-14-5-2-4-12-14/h2,4-5H,3,6-10H2,1H3. The van der Waals surface area contributed by atoms with Gasteiger partial charge in [-0.3, -0.25) is 9.48 Å². The molecule has 7 nitrogen and oxygen atoms in total. The van der Waals surface area contributed by atoms with Crippen molar-refractivity contribution in [1.82, 2.24) is 19.0 Å². The molecule has 1 saturated heterocycles. The van der Waals surface area contributed by atoms with Crippen molar-refractivity contribution in [3.8, 4) is 0 Å². The Morgan fingerprint density at radius 3 is 2.47 bits per heavy atom. The van der Waals surface area contributed by atoms with Crippen LogP contribution in [0.2, 0.25) is 0 Å². The maximum absolute atomic E-state index is 12.0. The van der Waals surface area contributed by atoms with Gasteiger partial charge in [0, 0.05) is 51.5 Å². The number of nitrogens with zero attached hydrogens (tertiary/aromatic N) is 4. The lowest BCUT2D eigenvalue weighted by Gasteiger charge is -2.33. The Morgan fingerprint density at radius 2 is 1.95 bits per heavy atom. The van der Waals surface area contributed by atoms with Gasteiger partial charge in [0.15, 0.2) is 0 Å².